The summed E-state index contributed by atoms with van der Waals surface area (Å²) in [5.41, 5.74) is 6.17. The van der Waals surface area contributed by atoms with Crippen molar-refractivity contribution in [2.45, 2.75) is 38.6 Å². The van der Waals surface area contributed by atoms with Crippen LogP contribution in [0.1, 0.15) is 43.0 Å². The Hall–Kier alpha value is -1.78. The van der Waals surface area contributed by atoms with Crippen molar-refractivity contribution in [3.8, 4) is 0 Å². The Morgan fingerprint density at radius 1 is 1.50 bits per heavy atom. The zero-order chi connectivity index (χ0) is 13.1. The number of pyridine rings is 1. The number of aromatic nitrogens is 1. The van der Waals surface area contributed by atoms with E-state index in [9.17, 15) is 4.79 Å². The van der Waals surface area contributed by atoms with Gasteiger partial charge in [0.05, 0.1) is 11.3 Å². The van der Waals surface area contributed by atoms with Gasteiger partial charge in [0.25, 0.3) is 0 Å². The molecule has 1 aromatic heterocycles. The van der Waals surface area contributed by atoms with Crippen LogP contribution in [0.3, 0.4) is 0 Å². The van der Waals surface area contributed by atoms with Gasteiger partial charge in [-0.3, -0.25) is 0 Å². The van der Waals surface area contributed by atoms with Gasteiger partial charge in [-0.15, -0.1) is 0 Å². The number of carboxylic acid groups (broad SMARTS) is 1. The molecule has 1 heterocycles. The average Bonchev–Trinajstić information content (AvgIpc) is 2.34. The molecule has 0 bridgehead atoms. The summed E-state index contributed by atoms with van der Waals surface area (Å²) in [6.07, 6.45) is 6.21. The third kappa shape index (κ3) is 2.55. The Morgan fingerprint density at radius 2 is 2.22 bits per heavy atom. The second-order valence-corrected chi connectivity index (χ2v) is 4.94. The molecule has 98 valence electrons. The first-order valence-electron chi connectivity index (χ1n) is 6.34. The minimum atomic E-state index is -1.02. The first-order chi connectivity index (χ1) is 8.59. The second kappa shape index (κ2) is 5.25. The summed E-state index contributed by atoms with van der Waals surface area (Å²) in [7, 11) is 0. The average molecular weight is 249 g/mol. The Bertz CT molecular complexity index is 448. The lowest BCUT2D eigenvalue weighted by molar-refractivity contribution is 0.0698. The predicted octanol–water partition coefficient (Wildman–Crippen LogP) is 2.35. The molecule has 0 aromatic carbocycles. The summed E-state index contributed by atoms with van der Waals surface area (Å²) in [6, 6.07) is 1.75. The Balaban J connectivity index is 2.18. The van der Waals surface area contributed by atoms with Crippen LogP contribution in [0.2, 0.25) is 0 Å². The van der Waals surface area contributed by atoms with E-state index >= 15 is 0 Å². The van der Waals surface area contributed by atoms with E-state index in [1.54, 1.807) is 0 Å². The molecule has 0 amide bonds. The van der Waals surface area contributed by atoms with Crippen molar-refractivity contribution < 1.29 is 9.90 Å². The third-order valence-electron chi connectivity index (χ3n) is 3.65. The fourth-order valence-corrected chi connectivity index (χ4v) is 2.48. The van der Waals surface area contributed by atoms with Crippen LogP contribution in [0.25, 0.3) is 0 Å². The number of anilines is 2. The van der Waals surface area contributed by atoms with Gasteiger partial charge in [-0.05, 0) is 24.8 Å². The van der Waals surface area contributed by atoms with Crippen molar-refractivity contribution in [1.82, 2.24) is 4.98 Å². The monoisotopic (exact) mass is 249 g/mol. The molecular weight excluding hydrogens is 230 g/mol. The molecule has 1 fully saturated rings. The second-order valence-electron chi connectivity index (χ2n) is 4.94. The summed E-state index contributed by atoms with van der Waals surface area (Å²) < 4.78 is 0. The van der Waals surface area contributed by atoms with E-state index in [1.807, 2.05) is 0 Å². The van der Waals surface area contributed by atoms with Gasteiger partial charge in [0.15, 0.2) is 0 Å². The van der Waals surface area contributed by atoms with Crippen LogP contribution in [-0.2, 0) is 0 Å². The van der Waals surface area contributed by atoms with Crippen molar-refractivity contribution in [3.05, 3.63) is 17.8 Å². The minimum absolute atomic E-state index is 0.107. The molecule has 2 unspecified atom stereocenters. The topological polar surface area (TPSA) is 88.2 Å². The molecule has 2 atom stereocenters. The highest BCUT2D eigenvalue weighted by molar-refractivity contribution is 5.96. The van der Waals surface area contributed by atoms with Crippen molar-refractivity contribution in [2.75, 3.05) is 11.1 Å². The number of hydrogen-bond acceptors (Lipinski definition) is 4. The Kier molecular flexibility index (Phi) is 3.69. The quantitative estimate of drug-likeness (QED) is 0.765. The number of carbonyl (C=O) groups is 1. The number of nitrogens with zero attached hydrogens (tertiary/aromatic N) is 1. The molecule has 0 spiro atoms. The number of rotatable bonds is 3. The summed E-state index contributed by atoms with van der Waals surface area (Å²) in [4.78, 5) is 15.1. The van der Waals surface area contributed by atoms with E-state index in [1.165, 1.54) is 31.5 Å². The Labute approximate surface area is 106 Å². The first-order valence-corrected chi connectivity index (χ1v) is 6.34. The summed E-state index contributed by atoms with van der Waals surface area (Å²) in [6.45, 7) is 2.20. The maximum Gasteiger partial charge on any atom is 0.337 e. The molecular formula is C13H19N3O2. The van der Waals surface area contributed by atoms with Crippen LogP contribution >= 0.6 is 0 Å². The third-order valence-corrected chi connectivity index (χ3v) is 3.65. The zero-order valence-electron chi connectivity index (χ0n) is 10.5. The number of nitrogens with one attached hydrogen (secondary N) is 1. The van der Waals surface area contributed by atoms with E-state index in [-0.39, 0.29) is 11.3 Å². The van der Waals surface area contributed by atoms with Crippen LogP contribution < -0.4 is 11.1 Å². The standard InChI is InChI=1S/C13H19N3O2/c1-8-4-2-3-5-10(8)16-12-11(14)9(13(17)18)6-7-15-12/h6-8,10H,2-5,14H2,1H3,(H,15,16)(H,17,18). The van der Waals surface area contributed by atoms with Crippen molar-refractivity contribution >= 4 is 17.5 Å². The molecule has 1 aliphatic rings. The molecule has 5 heteroatoms. The highest BCUT2D eigenvalue weighted by atomic mass is 16.4. The lowest BCUT2D eigenvalue weighted by Crippen LogP contribution is -2.31. The lowest BCUT2D eigenvalue weighted by Gasteiger charge is -2.30. The van der Waals surface area contributed by atoms with Gasteiger partial charge in [-0.1, -0.05) is 19.8 Å². The van der Waals surface area contributed by atoms with Crippen molar-refractivity contribution in [2.24, 2.45) is 5.92 Å². The molecule has 1 saturated carbocycles. The first kappa shape index (κ1) is 12.7. The van der Waals surface area contributed by atoms with Crippen molar-refractivity contribution in [1.29, 1.82) is 0 Å². The molecule has 5 nitrogen and oxygen atoms in total. The van der Waals surface area contributed by atoms with Gasteiger partial charge in [0.1, 0.15) is 5.82 Å². The maximum atomic E-state index is 11.0. The van der Waals surface area contributed by atoms with Crippen LogP contribution in [0.5, 0.6) is 0 Å². The Morgan fingerprint density at radius 3 is 2.89 bits per heavy atom. The number of nitrogens with two attached hydrogens (primary N) is 1. The molecule has 1 aromatic rings. The van der Waals surface area contributed by atoms with Gasteiger partial charge in [-0.25, -0.2) is 9.78 Å². The van der Waals surface area contributed by atoms with Gasteiger partial charge in [-0.2, -0.15) is 0 Å². The highest BCUT2D eigenvalue weighted by Gasteiger charge is 2.23. The molecule has 0 radical (unpaired) electrons. The highest BCUT2D eigenvalue weighted by Crippen LogP contribution is 2.28. The van der Waals surface area contributed by atoms with Gasteiger partial charge in [0, 0.05) is 12.2 Å². The number of carboxylic acids is 1. The summed E-state index contributed by atoms with van der Waals surface area (Å²) in [5, 5.41) is 12.3. The van der Waals surface area contributed by atoms with Gasteiger partial charge in [0.2, 0.25) is 0 Å². The van der Waals surface area contributed by atoms with Gasteiger partial charge >= 0.3 is 5.97 Å². The number of nitrogen functional groups attached to an aromatic ring is 1. The van der Waals surface area contributed by atoms with Crippen molar-refractivity contribution in [3.63, 3.8) is 0 Å². The fourth-order valence-electron chi connectivity index (χ4n) is 2.48. The van der Waals surface area contributed by atoms with Gasteiger partial charge < -0.3 is 16.2 Å². The van der Waals surface area contributed by atoms with Crippen LogP contribution in [-0.4, -0.2) is 22.1 Å². The van der Waals surface area contributed by atoms with E-state index in [2.05, 4.69) is 17.2 Å². The normalized spacial score (nSPS) is 23.6. The predicted molar refractivity (Wildman–Crippen MR) is 70.7 cm³/mol. The molecule has 18 heavy (non-hydrogen) atoms. The summed E-state index contributed by atoms with van der Waals surface area (Å²) >= 11 is 0. The zero-order valence-corrected chi connectivity index (χ0v) is 10.5. The molecule has 0 aliphatic heterocycles. The lowest BCUT2D eigenvalue weighted by atomic mass is 9.86. The SMILES string of the molecule is CC1CCCCC1Nc1nccc(C(=O)O)c1N. The minimum Gasteiger partial charge on any atom is -0.478 e. The van der Waals surface area contributed by atoms with Crippen LogP contribution in [0.4, 0.5) is 11.5 Å². The number of hydrogen-bond donors (Lipinski definition) is 3. The molecule has 2 rings (SSSR count). The maximum absolute atomic E-state index is 11.0. The van der Waals surface area contributed by atoms with E-state index in [0.29, 0.717) is 17.8 Å². The largest absolute Gasteiger partial charge is 0.478 e. The van der Waals surface area contributed by atoms with E-state index < -0.39 is 5.97 Å². The van der Waals surface area contributed by atoms with E-state index in [0.717, 1.165) is 6.42 Å². The molecule has 1 aliphatic carbocycles. The molecule has 4 N–H and O–H groups in total. The number of aromatic carboxylic acids is 1. The fraction of sp³-hybridized carbons (Fsp3) is 0.538. The summed E-state index contributed by atoms with van der Waals surface area (Å²) in [5.74, 6) is 0.0386. The van der Waals surface area contributed by atoms with E-state index in [4.69, 9.17) is 10.8 Å². The smallest absolute Gasteiger partial charge is 0.337 e. The van der Waals surface area contributed by atoms with Crippen LogP contribution in [0, 0.1) is 5.92 Å². The molecule has 0 saturated heterocycles. The van der Waals surface area contributed by atoms with Crippen LogP contribution in [0.15, 0.2) is 12.3 Å².